The van der Waals surface area contributed by atoms with Crippen LogP contribution >= 0.6 is 0 Å². The predicted octanol–water partition coefficient (Wildman–Crippen LogP) is 2.51. The van der Waals surface area contributed by atoms with Gasteiger partial charge in [0.2, 0.25) is 0 Å². The maximum atomic E-state index is 12.2. The Morgan fingerprint density at radius 3 is 2.85 bits per heavy atom. The number of hydrogen-bond donors (Lipinski definition) is 1. The second-order valence-electron chi connectivity index (χ2n) is 6.08. The molecular weight excluding hydrogens is 256 g/mol. The number of aromatic nitrogens is 1. The lowest BCUT2D eigenvalue weighted by Gasteiger charge is -2.30. The molecule has 1 aromatic rings. The number of pyridine rings is 1. The zero-order valence-corrected chi connectivity index (χ0v) is 12.2. The van der Waals surface area contributed by atoms with Crippen LogP contribution in [0.2, 0.25) is 0 Å². The number of carbonyl (C=O) groups is 1. The van der Waals surface area contributed by atoms with Crippen molar-refractivity contribution in [1.29, 1.82) is 0 Å². The largest absolute Gasteiger partial charge is 0.444 e. The van der Waals surface area contributed by atoms with Gasteiger partial charge in [-0.1, -0.05) is 6.07 Å². The first-order chi connectivity index (χ1) is 9.38. The van der Waals surface area contributed by atoms with Crippen LogP contribution in [0.15, 0.2) is 24.4 Å². The third kappa shape index (κ3) is 3.48. The smallest absolute Gasteiger partial charge is 0.410 e. The van der Waals surface area contributed by atoms with Crippen LogP contribution in [0.1, 0.15) is 45.4 Å². The highest BCUT2D eigenvalue weighted by Crippen LogP contribution is 2.29. The van der Waals surface area contributed by atoms with E-state index in [1.54, 1.807) is 23.2 Å². The standard InChI is InChI=1S/C15H22N2O3/c1-15(2,3)20-14(19)17-10-6-8-12(17)13(18)11-7-4-5-9-16-11/h4-5,7,9,12-13,18H,6,8,10H2,1-3H3. The summed E-state index contributed by atoms with van der Waals surface area (Å²) in [5, 5.41) is 10.4. The fraction of sp³-hybridized carbons (Fsp3) is 0.600. The zero-order chi connectivity index (χ0) is 14.8. The molecule has 2 heterocycles. The Labute approximate surface area is 119 Å². The molecule has 1 aliphatic heterocycles. The van der Waals surface area contributed by atoms with Crippen molar-refractivity contribution in [3.63, 3.8) is 0 Å². The number of rotatable bonds is 2. The third-order valence-corrected chi connectivity index (χ3v) is 3.28. The Bertz CT molecular complexity index is 456. The Morgan fingerprint density at radius 2 is 2.25 bits per heavy atom. The van der Waals surface area contributed by atoms with Gasteiger partial charge in [-0.3, -0.25) is 4.98 Å². The molecule has 2 atom stereocenters. The molecule has 2 rings (SSSR count). The van der Waals surface area contributed by atoms with Gasteiger partial charge in [-0.15, -0.1) is 0 Å². The average molecular weight is 278 g/mol. The maximum Gasteiger partial charge on any atom is 0.410 e. The van der Waals surface area contributed by atoms with E-state index in [0.717, 1.165) is 12.8 Å². The van der Waals surface area contributed by atoms with Crippen LogP contribution in [0.4, 0.5) is 4.79 Å². The summed E-state index contributed by atoms with van der Waals surface area (Å²) in [5.74, 6) is 0. The third-order valence-electron chi connectivity index (χ3n) is 3.28. The summed E-state index contributed by atoms with van der Waals surface area (Å²) in [6, 6.07) is 5.14. The Balaban J connectivity index is 2.09. The minimum atomic E-state index is -0.772. The van der Waals surface area contributed by atoms with E-state index in [2.05, 4.69) is 4.98 Å². The maximum absolute atomic E-state index is 12.2. The minimum absolute atomic E-state index is 0.264. The molecule has 1 aromatic heterocycles. The normalized spacial score (nSPS) is 20.8. The molecule has 20 heavy (non-hydrogen) atoms. The van der Waals surface area contributed by atoms with Crippen molar-refractivity contribution in [3.8, 4) is 0 Å². The molecule has 0 radical (unpaired) electrons. The Kier molecular flexibility index (Phi) is 4.28. The van der Waals surface area contributed by atoms with Crippen molar-refractivity contribution < 1.29 is 14.6 Å². The molecule has 1 amide bonds. The summed E-state index contributed by atoms with van der Waals surface area (Å²) in [4.78, 5) is 18.0. The quantitative estimate of drug-likeness (QED) is 0.903. The molecule has 1 N–H and O–H groups in total. The number of ether oxygens (including phenoxy) is 1. The van der Waals surface area contributed by atoms with E-state index in [-0.39, 0.29) is 12.1 Å². The molecule has 0 spiro atoms. The lowest BCUT2D eigenvalue weighted by molar-refractivity contribution is 0.00424. The second-order valence-corrected chi connectivity index (χ2v) is 6.08. The van der Waals surface area contributed by atoms with Crippen molar-refractivity contribution in [2.75, 3.05) is 6.54 Å². The number of carbonyl (C=O) groups excluding carboxylic acids is 1. The average Bonchev–Trinajstić information content (AvgIpc) is 2.86. The molecular formula is C15H22N2O3. The number of likely N-dealkylation sites (tertiary alicyclic amines) is 1. The number of hydrogen-bond acceptors (Lipinski definition) is 4. The van der Waals surface area contributed by atoms with Crippen molar-refractivity contribution in [3.05, 3.63) is 30.1 Å². The lowest BCUT2D eigenvalue weighted by Crippen LogP contribution is -2.42. The summed E-state index contributed by atoms with van der Waals surface area (Å²) in [7, 11) is 0. The minimum Gasteiger partial charge on any atom is -0.444 e. The lowest BCUT2D eigenvalue weighted by atomic mass is 10.1. The molecule has 0 saturated carbocycles. The molecule has 0 aromatic carbocycles. The van der Waals surface area contributed by atoms with Gasteiger partial charge >= 0.3 is 6.09 Å². The van der Waals surface area contributed by atoms with Crippen LogP contribution in [0.5, 0.6) is 0 Å². The van der Waals surface area contributed by atoms with Gasteiger partial charge in [-0.2, -0.15) is 0 Å². The molecule has 110 valence electrons. The SMILES string of the molecule is CC(C)(C)OC(=O)N1CCCC1C(O)c1ccccn1. The first kappa shape index (κ1) is 14.8. The molecule has 1 aliphatic rings. The van der Waals surface area contributed by atoms with Crippen molar-refractivity contribution in [2.24, 2.45) is 0 Å². The summed E-state index contributed by atoms with van der Waals surface area (Å²) in [6.45, 7) is 6.13. The van der Waals surface area contributed by atoms with Crippen molar-refractivity contribution in [1.82, 2.24) is 9.88 Å². The molecule has 0 aliphatic carbocycles. The predicted molar refractivity (Wildman–Crippen MR) is 75.2 cm³/mol. The van der Waals surface area contributed by atoms with E-state index in [9.17, 15) is 9.90 Å². The van der Waals surface area contributed by atoms with Crippen LogP contribution in [-0.2, 0) is 4.74 Å². The van der Waals surface area contributed by atoms with Gasteiger partial charge in [-0.05, 0) is 45.7 Å². The monoisotopic (exact) mass is 278 g/mol. The topological polar surface area (TPSA) is 62.7 Å². The van der Waals surface area contributed by atoms with Gasteiger partial charge < -0.3 is 14.7 Å². The highest BCUT2D eigenvalue weighted by atomic mass is 16.6. The number of amides is 1. The van der Waals surface area contributed by atoms with Crippen molar-refractivity contribution in [2.45, 2.75) is 51.4 Å². The summed E-state index contributed by atoms with van der Waals surface area (Å²) < 4.78 is 5.39. The molecule has 5 nitrogen and oxygen atoms in total. The number of nitrogens with zero attached hydrogens (tertiary/aromatic N) is 2. The van der Waals surface area contributed by atoms with Gasteiger partial charge in [-0.25, -0.2) is 4.79 Å². The molecule has 2 unspecified atom stereocenters. The summed E-state index contributed by atoms with van der Waals surface area (Å²) >= 11 is 0. The van der Waals surface area contributed by atoms with E-state index >= 15 is 0 Å². The molecule has 1 saturated heterocycles. The van der Waals surface area contributed by atoms with Gasteiger partial charge in [0.1, 0.15) is 11.7 Å². The van der Waals surface area contributed by atoms with Crippen LogP contribution in [0, 0.1) is 0 Å². The highest BCUT2D eigenvalue weighted by molar-refractivity contribution is 5.69. The number of aliphatic hydroxyl groups excluding tert-OH is 1. The molecule has 1 fully saturated rings. The fourth-order valence-corrected chi connectivity index (χ4v) is 2.42. The zero-order valence-electron chi connectivity index (χ0n) is 12.2. The molecule has 5 heteroatoms. The van der Waals surface area contributed by atoms with Gasteiger partial charge in [0.05, 0.1) is 11.7 Å². The van der Waals surface area contributed by atoms with E-state index in [4.69, 9.17) is 4.74 Å². The van der Waals surface area contributed by atoms with E-state index in [0.29, 0.717) is 12.2 Å². The molecule has 0 bridgehead atoms. The van der Waals surface area contributed by atoms with Gasteiger partial charge in [0.25, 0.3) is 0 Å². The van der Waals surface area contributed by atoms with Crippen LogP contribution < -0.4 is 0 Å². The summed E-state index contributed by atoms with van der Waals surface area (Å²) in [6.07, 6.45) is 2.14. The van der Waals surface area contributed by atoms with Gasteiger partial charge in [0.15, 0.2) is 0 Å². The van der Waals surface area contributed by atoms with Gasteiger partial charge in [0, 0.05) is 12.7 Å². The Morgan fingerprint density at radius 1 is 1.50 bits per heavy atom. The van der Waals surface area contributed by atoms with Crippen LogP contribution in [-0.4, -0.2) is 39.3 Å². The van der Waals surface area contributed by atoms with Crippen LogP contribution in [0.25, 0.3) is 0 Å². The highest BCUT2D eigenvalue weighted by Gasteiger charge is 2.37. The first-order valence-electron chi connectivity index (χ1n) is 6.97. The van der Waals surface area contributed by atoms with E-state index in [1.165, 1.54) is 0 Å². The Hall–Kier alpha value is -1.62. The first-order valence-corrected chi connectivity index (χ1v) is 6.97. The fourth-order valence-electron chi connectivity index (χ4n) is 2.42. The van der Waals surface area contributed by atoms with Crippen LogP contribution in [0.3, 0.4) is 0 Å². The summed E-state index contributed by atoms with van der Waals surface area (Å²) in [5.41, 5.74) is 0.0631. The number of aliphatic hydroxyl groups is 1. The second kappa shape index (κ2) is 5.79. The van der Waals surface area contributed by atoms with E-state index in [1.807, 2.05) is 26.8 Å². The van der Waals surface area contributed by atoms with E-state index < -0.39 is 11.7 Å². The van der Waals surface area contributed by atoms with Crippen molar-refractivity contribution >= 4 is 6.09 Å².